The fourth-order valence-corrected chi connectivity index (χ4v) is 2.53. The zero-order chi connectivity index (χ0) is 14.8. The molecule has 1 aromatic rings. The first-order valence-electron chi connectivity index (χ1n) is 7.32. The summed E-state index contributed by atoms with van der Waals surface area (Å²) in [6.45, 7) is 19.1. The summed E-state index contributed by atoms with van der Waals surface area (Å²) >= 11 is 0. The van der Waals surface area contributed by atoms with Crippen molar-refractivity contribution in [3.63, 3.8) is 0 Å². The van der Waals surface area contributed by atoms with Gasteiger partial charge in [0.2, 0.25) is 0 Å². The number of benzene rings is 1. The average molecular weight is 261 g/mol. The van der Waals surface area contributed by atoms with Crippen molar-refractivity contribution in [2.45, 2.75) is 67.3 Å². The van der Waals surface area contributed by atoms with E-state index in [-0.39, 0.29) is 11.0 Å². The summed E-state index contributed by atoms with van der Waals surface area (Å²) in [6, 6.07) is 4.60. The van der Waals surface area contributed by atoms with Crippen molar-refractivity contribution in [2.75, 3.05) is 6.54 Å². The summed E-state index contributed by atoms with van der Waals surface area (Å²) < 4.78 is 0. The SMILES string of the molecule is Cc1cc(C)c(CC(C)(C)CNC(C)(C)C)c(C)c1. The molecule has 0 aromatic heterocycles. The van der Waals surface area contributed by atoms with E-state index in [0.29, 0.717) is 0 Å². The Kier molecular flexibility index (Phi) is 4.84. The third-order valence-electron chi connectivity index (χ3n) is 3.59. The van der Waals surface area contributed by atoms with E-state index in [1.165, 1.54) is 22.3 Å². The van der Waals surface area contributed by atoms with Crippen LogP contribution >= 0.6 is 0 Å². The molecule has 0 unspecified atom stereocenters. The highest BCUT2D eigenvalue weighted by atomic mass is 14.9. The highest BCUT2D eigenvalue weighted by Crippen LogP contribution is 2.27. The second-order valence-electron chi connectivity index (χ2n) is 7.82. The van der Waals surface area contributed by atoms with Crippen molar-refractivity contribution >= 4 is 0 Å². The fourth-order valence-electron chi connectivity index (χ4n) is 2.53. The monoisotopic (exact) mass is 261 g/mol. The fraction of sp³-hybridized carbons (Fsp3) is 0.667. The summed E-state index contributed by atoms with van der Waals surface area (Å²) in [5.41, 5.74) is 6.21. The molecular formula is C18H31N. The first-order chi connectivity index (χ1) is 8.50. The van der Waals surface area contributed by atoms with Gasteiger partial charge in [-0.2, -0.15) is 0 Å². The van der Waals surface area contributed by atoms with Gasteiger partial charge in [0, 0.05) is 12.1 Å². The predicted molar refractivity (Wildman–Crippen MR) is 85.9 cm³/mol. The van der Waals surface area contributed by atoms with Gasteiger partial charge in [0.25, 0.3) is 0 Å². The third-order valence-corrected chi connectivity index (χ3v) is 3.59. The van der Waals surface area contributed by atoms with Crippen LogP contribution in [0.3, 0.4) is 0 Å². The van der Waals surface area contributed by atoms with Crippen LogP contribution in [0.25, 0.3) is 0 Å². The largest absolute Gasteiger partial charge is 0.312 e. The molecule has 0 amide bonds. The van der Waals surface area contributed by atoms with Gasteiger partial charge in [-0.25, -0.2) is 0 Å². The molecule has 1 heteroatoms. The minimum absolute atomic E-state index is 0.189. The van der Waals surface area contributed by atoms with Gasteiger partial charge in [0.1, 0.15) is 0 Å². The molecule has 0 aliphatic rings. The second-order valence-corrected chi connectivity index (χ2v) is 7.82. The Labute approximate surface area is 119 Å². The molecule has 0 aliphatic carbocycles. The Morgan fingerprint density at radius 1 is 0.895 bits per heavy atom. The Bertz CT molecular complexity index is 412. The maximum atomic E-state index is 3.63. The van der Waals surface area contributed by atoms with E-state index in [9.17, 15) is 0 Å². The van der Waals surface area contributed by atoms with Crippen molar-refractivity contribution in [2.24, 2.45) is 5.41 Å². The maximum Gasteiger partial charge on any atom is 0.00967 e. The van der Waals surface area contributed by atoms with Crippen molar-refractivity contribution in [1.82, 2.24) is 5.32 Å². The van der Waals surface area contributed by atoms with Gasteiger partial charge in [0.15, 0.2) is 0 Å². The molecule has 19 heavy (non-hydrogen) atoms. The van der Waals surface area contributed by atoms with Gasteiger partial charge in [-0.05, 0) is 70.1 Å². The minimum Gasteiger partial charge on any atom is -0.312 e. The van der Waals surface area contributed by atoms with Gasteiger partial charge in [0.05, 0.1) is 0 Å². The van der Waals surface area contributed by atoms with E-state index < -0.39 is 0 Å². The van der Waals surface area contributed by atoms with Crippen molar-refractivity contribution in [3.05, 3.63) is 34.4 Å². The van der Waals surface area contributed by atoms with Crippen molar-refractivity contribution in [3.8, 4) is 0 Å². The molecule has 0 fully saturated rings. The lowest BCUT2D eigenvalue weighted by molar-refractivity contribution is 0.288. The predicted octanol–water partition coefficient (Wildman–Crippen LogP) is 4.57. The number of hydrogen-bond donors (Lipinski definition) is 1. The van der Waals surface area contributed by atoms with Crippen molar-refractivity contribution < 1.29 is 0 Å². The van der Waals surface area contributed by atoms with Gasteiger partial charge in [-0.1, -0.05) is 31.5 Å². The topological polar surface area (TPSA) is 12.0 Å². The second kappa shape index (κ2) is 5.66. The number of hydrogen-bond acceptors (Lipinski definition) is 1. The number of nitrogens with one attached hydrogen (secondary N) is 1. The molecular weight excluding hydrogens is 230 g/mol. The highest BCUT2D eigenvalue weighted by molar-refractivity contribution is 5.38. The number of aryl methyl sites for hydroxylation is 3. The molecule has 1 aromatic carbocycles. The lowest BCUT2D eigenvalue weighted by atomic mass is 9.81. The van der Waals surface area contributed by atoms with Crippen LogP contribution in [0.15, 0.2) is 12.1 Å². The lowest BCUT2D eigenvalue weighted by Crippen LogP contribution is -2.42. The third kappa shape index (κ3) is 5.36. The standard InChI is InChI=1S/C18H31N/c1-13-9-14(2)16(15(3)10-13)11-18(7,8)12-19-17(4,5)6/h9-10,19H,11-12H2,1-8H3. The van der Waals surface area contributed by atoms with E-state index in [4.69, 9.17) is 0 Å². The molecule has 0 heterocycles. The van der Waals surface area contributed by atoms with Gasteiger partial charge < -0.3 is 5.32 Å². The molecule has 0 bridgehead atoms. The Morgan fingerprint density at radius 2 is 1.37 bits per heavy atom. The molecule has 1 rings (SSSR count). The normalized spacial score (nSPS) is 12.8. The zero-order valence-corrected chi connectivity index (χ0v) is 14.1. The van der Waals surface area contributed by atoms with Crippen molar-refractivity contribution in [1.29, 1.82) is 0 Å². The molecule has 0 atom stereocenters. The van der Waals surface area contributed by atoms with Crippen LogP contribution in [0.5, 0.6) is 0 Å². The van der Waals surface area contributed by atoms with Gasteiger partial charge >= 0.3 is 0 Å². The Hall–Kier alpha value is -0.820. The van der Waals surface area contributed by atoms with Crippen LogP contribution < -0.4 is 5.32 Å². The maximum absolute atomic E-state index is 3.63. The van der Waals surface area contributed by atoms with Gasteiger partial charge in [-0.15, -0.1) is 0 Å². The molecule has 108 valence electrons. The van der Waals surface area contributed by atoms with Crippen LogP contribution in [0.2, 0.25) is 0 Å². The van der Waals surface area contributed by atoms with Crippen LogP contribution in [-0.4, -0.2) is 12.1 Å². The quantitative estimate of drug-likeness (QED) is 0.837. The minimum atomic E-state index is 0.189. The molecule has 1 N–H and O–H groups in total. The van der Waals surface area contributed by atoms with Crippen LogP contribution in [-0.2, 0) is 6.42 Å². The highest BCUT2D eigenvalue weighted by Gasteiger charge is 2.22. The van der Waals surface area contributed by atoms with Crippen LogP contribution in [0.1, 0.15) is 56.9 Å². The smallest absolute Gasteiger partial charge is 0.00967 e. The Morgan fingerprint density at radius 3 is 1.79 bits per heavy atom. The van der Waals surface area contributed by atoms with E-state index in [1.54, 1.807) is 0 Å². The van der Waals surface area contributed by atoms with E-state index in [1.807, 2.05) is 0 Å². The first-order valence-corrected chi connectivity index (χ1v) is 7.32. The summed E-state index contributed by atoms with van der Waals surface area (Å²) in [5, 5.41) is 3.63. The summed E-state index contributed by atoms with van der Waals surface area (Å²) in [6.07, 6.45) is 1.13. The molecule has 0 spiro atoms. The van der Waals surface area contributed by atoms with Gasteiger partial charge in [-0.3, -0.25) is 0 Å². The Balaban J connectivity index is 2.84. The van der Waals surface area contributed by atoms with Crippen LogP contribution in [0, 0.1) is 26.2 Å². The summed E-state index contributed by atoms with van der Waals surface area (Å²) in [5.74, 6) is 0. The molecule has 0 saturated heterocycles. The molecule has 0 saturated carbocycles. The average Bonchev–Trinajstić information content (AvgIpc) is 2.20. The molecule has 0 aliphatic heterocycles. The summed E-state index contributed by atoms with van der Waals surface area (Å²) in [4.78, 5) is 0. The number of rotatable bonds is 4. The first kappa shape index (κ1) is 16.2. The lowest BCUT2D eigenvalue weighted by Gasteiger charge is -2.31. The van der Waals surface area contributed by atoms with Crippen LogP contribution in [0.4, 0.5) is 0 Å². The summed E-state index contributed by atoms with van der Waals surface area (Å²) in [7, 11) is 0. The molecule has 1 nitrogen and oxygen atoms in total. The van der Waals surface area contributed by atoms with E-state index >= 15 is 0 Å². The van der Waals surface area contributed by atoms with E-state index in [2.05, 4.69) is 72.8 Å². The zero-order valence-electron chi connectivity index (χ0n) is 14.1. The molecule has 0 radical (unpaired) electrons. The van der Waals surface area contributed by atoms with E-state index in [0.717, 1.165) is 13.0 Å².